The molecule has 1 aromatic rings. The molecule has 0 saturated heterocycles. The van der Waals surface area contributed by atoms with Crippen molar-refractivity contribution in [3.8, 4) is 5.75 Å². The summed E-state index contributed by atoms with van der Waals surface area (Å²) in [5, 5.41) is 21.0. The van der Waals surface area contributed by atoms with Gasteiger partial charge in [0.1, 0.15) is 5.75 Å². The number of aliphatic hydroxyl groups excluding tert-OH is 2. The van der Waals surface area contributed by atoms with Crippen LogP contribution in [0.4, 0.5) is 0 Å². The van der Waals surface area contributed by atoms with Crippen LogP contribution in [0.1, 0.15) is 5.56 Å². The maximum absolute atomic E-state index is 8.97. The summed E-state index contributed by atoms with van der Waals surface area (Å²) < 4.78 is 7.09. The van der Waals surface area contributed by atoms with Crippen molar-refractivity contribution in [3.63, 3.8) is 0 Å². The molecule has 0 bridgehead atoms. The van der Waals surface area contributed by atoms with E-state index >= 15 is 0 Å². The van der Waals surface area contributed by atoms with Crippen LogP contribution in [0.3, 0.4) is 0 Å². The molecule has 17 heavy (non-hydrogen) atoms. The fourth-order valence-electron chi connectivity index (χ4n) is 1.41. The number of aliphatic hydroxyl groups is 2. The Morgan fingerprint density at radius 2 is 1.94 bits per heavy atom. The van der Waals surface area contributed by atoms with E-state index in [0.717, 1.165) is 20.3 Å². The number of rotatable bonds is 6. The topological polar surface area (TPSA) is 61.7 Å². The zero-order chi connectivity index (χ0) is 12.8. The number of hydrogen-bond acceptors (Lipinski definition) is 4. The predicted octanol–water partition coefficient (Wildman–Crippen LogP) is 1.66. The number of ether oxygens (including phenoxy) is 1. The SMILES string of the molecule is COc1c(Br)cc(Br)cc1CNC(CO)CO. The fourth-order valence-corrected chi connectivity index (χ4v) is 2.89. The van der Waals surface area contributed by atoms with Gasteiger partial charge in [0.2, 0.25) is 0 Å². The zero-order valence-electron chi connectivity index (χ0n) is 9.41. The summed E-state index contributed by atoms with van der Waals surface area (Å²) in [6, 6.07) is 3.51. The van der Waals surface area contributed by atoms with Crippen LogP contribution in [0.15, 0.2) is 21.1 Å². The second-order valence-corrected chi connectivity index (χ2v) is 5.29. The third-order valence-corrected chi connectivity index (χ3v) is 3.36. The van der Waals surface area contributed by atoms with Gasteiger partial charge in [0.15, 0.2) is 0 Å². The first-order valence-electron chi connectivity index (χ1n) is 5.09. The van der Waals surface area contributed by atoms with Crippen molar-refractivity contribution in [2.24, 2.45) is 0 Å². The Bertz CT molecular complexity index is 370. The monoisotopic (exact) mass is 367 g/mol. The number of nitrogens with one attached hydrogen (secondary N) is 1. The number of hydrogen-bond donors (Lipinski definition) is 3. The maximum Gasteiger partial charge on any atom is 0.137 e. The summed E-state index contributed by atoms with van der Waals surface area (Å²) in [5.74, 6) is 0.746. The van der Waals surface area contributed by atoms with E-state index in [2.05, 4.69) is 37.2 Å². The first kappa shape index (κ1) is 14.9. The molecule has 0 saturated carbocycles. The highest BCUT2D eigenvalue weighted by atomic mass is 79.9. The van der Waals surface area contributed by atoms with Crippen molar-refractivity contribution < 1.29 is 14.9 Å². The highest BCUT2D eigenvalue weighted by Gasteiger charge is 2.11. The molecule has 0 aromatic heterocycles. The average Bonchev–Trinajstić information content (AvgIpc) is 2.29. The first-order valence-corrected chi connectivity index (χ1v) is 6.68. The molecule has 0 unspecified atom stereocenters. The molecule has 0 radical (unpaired) electrons. The van der Waals surface area contributed by atoms with Gasteiger partial charge in [-0.15, -0.1) is 0 Å². The number of methoxy groups -OCH3 is 1. The van der Waals surface area contributed by atoms with Crippen molar-refractivity contribution in [1.82, 2.24) is 5.32 Å². The quantitative estimate of drug-likeness (QED) is 0.714. The molecule has 0 atom stereocenters. The van der Waals surface area contributed by atoms with E-state index in [1.807, 2.05) is 12.1 Å². The van der Waals surface area contributed by atoms with Gasteiger partial charge in [-0.1, -0.05) is 15.9 Å². The summed E-state index contributed by atoms with van der Waals surface area (Å²) in [7, 11) is 1.60. The lowest BCUT2D eigenvalue weighted by molar-refractivity contribution is 0.170. The molecule has 6 heteroatoms. The molecule has 0 aliphatic heterocycles. The van der Waals surface area contributed by atoms with Gasteiger partial charge in [0, 0.05) is 16.6 Å². The minimum absolute atomic E-state index is 0.103. The Morgan fingerprint density at radius 1 is 1.29 bits per heavy atom. The van der Waals surface area contributed by atoms with Crippen molar-refractivity contribution in [2.75, 3.05) is 20.3 Å². The molecule has 96 valence electrons. The first-order chi connectivity index (χ1) is 8.12. The van der Waals surface area contributed by atoms with Gasteiger partial charge >= 0.3 is 0 Å². The lowest BCUT2D eigenvalue weighted by atomic mass is 10.2. The van der Waals surface area contributed by atoms with E-state index in [0.29, 0.717) is 6.54 Å². The summed E-state index contributed by atoms with van der Waals surface area (Å²) in [4.78, 5) is 0. The molecule has 0 heterocycles. The van der Waals surface area contributed by atoms with Crippen molar-refractivity contribution >= 4 is 31.9 Å². The van der Waals surface area contributed by atoms with Crippen LogP contribution >= 0.6 is 31.9 Å². The third kappa shape index (κ3) is 4.22. The Morgan fingerprint density at radius 3 is 2.47 bits per heavy atom. The van der Waals surface area contributed by atoms with E-state index in [9.17, 15) is 0 Å². The minimum Gasteiger partial charge on any atom is -0.495 e. The largest absolute Gasteiger partial charge is 0.495 e. The van der Waals surface area contributed by atoms with Crippen molar-refractivity contribution in [1.29, 1.82) is 0 Å². The molecular formula is C11H15Br2NO3. The van der Waals surface area contributed by atoms with Crippen LogP contribution in [0.25, 0.3) is 0 Å². The highest BCUT2D eigenvalue weighted by Crippen LogP contribution is 2.32. The molecule has 0 spiro atoms. The Labute approximate surface area is 117 Å². The maximum atomic E-state index is 8.97. The molecule has 3 N–H and O–H groups in total. The van der Waals surface area contributed by atoms with Crippen LogP contribution in [-0.2, 0) is 6.54 Å². The van der Waals surface area contributed by atoms with Crippen molar-refractivity contribution in [2.45, 2.75) is 12.6 Å². The number of halogens is 2. The van der Waals surface area contributed by atoms with E-state index in [4.69, 9.17) is 14.9 Å². The van der Waals surface area contributed by atoms with E-state index < -0.39 is 0 Å². The molecule has 1 rings (SSSR count). The smallest absolute Gasteiger partial charge is 0.137 e. The predicted molar refractivity (Wildman–Crippen MR) is 73.2 cm³/mol. The van der Waals surface area contributed by atoms with Crippen LogP contribution in [0.5, 0.6) is 5.75 Å². The van der Waals surface area contributed by atoms with Gasteiger partial charge in [0.25, 0.3) is 0 Å². The minimum atomic E-state index is -0.322. The van der Waals surface area contributed by atoms with Crippen LogP contribution in [0.2, 0.25) is 0 Å². The summed E-state index contributed by atoms with van der Waals surface area (Å²) in [6.45, 7) is 0.301. The average molecular weight is 369 g/mol. The molecule has 0 fully saturated rings. The second kappa shape index (κ2) is 7.33. The van der Waals surface area contributed by atoms with Crippen LogP contribution < -0.4 is 10.1 Å². The summed E-state index contributed by atoms with van der Waals surface area (Å²) in [6.07, 6.45) is 0. The highest BCUT2D eigenvalue weighted by molar-refractivity contribution is 9.11. The summed E-state index contributed by atoms with van der Waals surface area (Å²) in [5.41, 5.74) is 0.945. The van der Waals surface area contributed by atoms with E-state index in [1.165, 1.54) is 0 Å². The Balaban J connectivity index is 2.82. The third-order valence-electron chi connectivity index (χ3n) is 2.31. The van der Waals surface area contributed by atoms with Gasteiger partial charge in [-0.25, -0.2) is 0 Å². The molecule has 0 amide bonds. The normalized spacial score (nSPS) is 10.9. The van der Waals surface area contributed by atoms with E-state index in [1.54, 1.807) is 7.11 Å². The second-order valence-electron chi connectivity index (χ2n) is 3.52. The lowest BCUT2D eigenvalue weighted by Crippen LogP contribution is -2.35. The van der Waals surface area contributed by atoms with Gasteiger partial charge in [-0.05, 0) is 28.1 Å². The molecule has 4 nitrogen and oxygen atoms in total. The zero-order valence-corrected chi connectivity index (χ0v) is 12.6. The van der Waals surface area contributed by atoms with Crippen molar-refractivity contribution in [3.05, 3.63) is 26.6 Å². The standard InChI is InChI=1S/C11H15Br2NO3/c1-17-11-7(2-8(12)3-10(11)13)4-14-9(5-15)6-16/h2-3,9,14-16H,4-6H2,1H3. The Hall–Kier alpha value is -0.140. The molecule has 1 aromatic carbocycles. The van der Waals surface area contributed by atoms with Crippen LogP contribution in [-0.4, -0.2) is 36.6 Å². The summed E-state index contributed by atoms with van der Waals surface area (Å²) >= 11 is 6.82. The van der Waals surface area contributed by atoms with Gasteiger partial charge < -0.3 is 20.3 Å². The molecule has 0 aliphatic rings. The van der Waals surface area contributed by atoms with E-state index in [-0.39, 0.29) is 19.3 Å². The molecule has 0 aliphatic carbocycles. The molecular weight excluding hydrogens is 354 g/mol. The van der Waals surface area contributed by atoms with Crippen LogP contribution in [0, 0.1) is 0 Å². The Kier molecular flexibility index (Phi) is 6.43. The van der Waals surface area contributed by atoms with Gasteiger partial charge in [-0.3, -0.25) is 0 Å². The number of benzene rings is 1. The van der Waals surface area contributed by atoms with Gasteiger partial charge in [-0.2, -0.15) is 0 Å². The fraction of sp³-hybridized carbons (Fsp3) is 0.455. The van der Waals surface area contributed by atoms with Gasteiger partial charge in [0.05, 0.1) is 30.8 Å². The lowest BCUT2D eigenvalue weighted by Gasteiger charge is -2.16.